The number of aliphatic hydroxyl groups excluding tert-OH is 3. The van der Waals surface area contributed by atoms with Crippen LogP contribution in [0.4, 0.5) is 0 Å². The fourth-order valence-electron chi connectivity index (χ4n) is 2.78. The Bertz CT molecular complexity index is 723. The number of hydrogen-bond donors (Lipinski definition) is 5. The first-order valence-electron chi connectivity index (χ1n) is 6.67. The number of ether oxygens (including phenoxy) is 1. The highest BCUT2D eigenvalue weighted by Gasteiger charge is 2.53. The van der Waals surface area contributed by atoms with Crippen LogP contribution < -0.4 is 0 Å². The molecule has 1 aliphatic heterocycles. The minimum Gasteiger partial charge on any atom is -0.388 e. The molecule has 3 rings (SSSR count). The first-order chi connectivity index (χ1) is 10.3. The molecule has 5 N–H and O–H groups in total. The van der Waals surface area contributed by atoms with Crippen molar-refractivity contribution < 1.29 is 25.2 Å². The van der Waals surface area contributed by atoms with Crippen molar-refractivity contribution in [2.45, 2.75) is 37.1 Å². The molecule has 2 aromatic rings. The van der Waals surface area contributed by atoms with Crippen molar-refractivity contribution in [3.63, 3.8) is 0 Å². The summed E-state index contributed by atoms with van der Waals surface area (Å²) in [6, 6.07) is 3.50. The summed E-state index contributed by atoms with van der Waals surface area (Å²) >= 11 is 9.58. The Morgan fingerprint density at radius 2 is 1.95 bits per heavy atom. The van der Waals surface area contributed by atoms with Crippen LogP contribution in [0.2, 0.25) is 5.02 Å². The van der Waals surface area contributed by atoms with E-state index in [1.807, 2.05) is 0 Å². The van der Waals surface area contributed by atoms with Crippen molar-refractivity contribution in [2.75, 3.05) is 0 Å². The molecule has 0 amide bonds. The van der Waals surface area contributed by atoms with Crippen molar-refractivity contribution in [1.29, 1.82) is 0 Å². The third-order valence-corrected chi connectivity index (χ3v) is 5.32. The maximum absolute atomic E-state index is 10.8. The van der Waals surface area contributed by atoms with E-state index in [0.29, 0.717) is 20.4 Å². The minimum atomic E-state index is -2.19. The van der Waals surface area contributed by atoms with Crippen LogP contribution in [0.5, 0.6) is 0 Å². The molecule has 120 valence electrons. The average Bonchev–Trinajstić information content (AvgIpc) is 2.92. The molecule has 22 heavy (non-hydrogen) atoms. The van der Waals surface area contributed by atoms with Gasteiger partial charge in [-0.3, -0.25) is 0 Å². The molecule has 0 aliphatic carbocycles. The van der Waals surface area contributed by atoms with E-state index < -0.39 is 30.2 Å². The molecule has 2 heterocycles. The molecule has 1 saturated heterocycles. The number of aromatic amines is 1. The Morgan fingerprint density at radius 1 is 1.27 bits per heavy atom. The number of fused-ring (bicyclic) bond motifs is 1. The molecule has 8 heteroatoms. The van der Waals surface area contributed by atoms with E-state index in [9.17, 15) is 20.4 Å². The van der Waals surface area contributed by atoms with E-state index >= 15 is 0 Å². The second-order valence-corrected chi connectivity index (χ2v) is 6.66. The quantitative estimate of drug-likeness (QED) is 0.502. The Balaban J connectivity index is 2.19. The van der Waals surface area contributed by atoms with Crippen molar-refractivity contribution in [1.82, 2.24) is 4.98 Å². The summed E-state index contributed by atoms with van der Waals surface area (Å²) in [6.07, 6.45) is -4.00. The summed E-state index contributed by atoms with van der Waals surface area (Å²) in [4.78, 5) is 2.94. The van der Waals surface area contributed by atoms with Gasteiger partial charge in [-0.25, -0.2) is 0 Å². The van der Waals surface area contributed by atoms with Crippen LogP contribution in [0.3, 0.4) is 0 Å². The van der Waals surface area contributed by atoms with Gasteiger partial charge in [0.1, 0.15) is 18.3 Å². The van der Waals surface area contributed by atoms with E-state index in [1.54, 1.807) is 12.1 Å². The molecule has 0 radical (unpaired) electrons. The number of H-pyrrole nitrogens is 1. The first-order valence-corrected chi connectivity index (χ1v) is 7.84. The second-order valence-electron chi connectivity index (χ2n) is 5.43. The van der Waals surface area contributed by atoms with Crippen molar-refractivity contribution >= 4 is 38.4 Å². The Kier molecular flexibility index (Phi) is 4.01. The summed E-state index contributed by atoms with van der Waals surface area (Å²) in [5.41, 5.74) is 0.833. The summed E-state index contributed by atoms with van der Waals surface area (Å²) in [5.74, 6) is -2.19. The van der Waals surface area contributed by atoms with E-state index in [4.69, 9.17) is 16.3 Å². The van der Waals surface area contributed by atoms with E-state index in [2.05, 4.69) is 20.9 Å². The zero-order chi connectivity index (χ0) is 16.2. The Morgan fingerprint density at radius 3 is 2.64 bits per heavy atom. The maximum atomic E-state index is 10.8. The van der Waals surface area contributed by atoms with Gasteiger partial charge < -0.3 is 30.1 Å². The molecule has 5 atom stereocenters. The summed E-state index contributed by atoms with van der Waals surface area (Å²) in [7, 11) is 0. The largest absolute Gasteiger partial charge is 0.388 e. The molecule has 0 spiro atoms. The number of halogens is 2. The Hall–Kier alpha value is -0.670. The van der Waals surface area contributed by atoms with Crippen LogP contribution in [-0.2, 0) is 10.5 Å². The van der Waals surface area contributed by atoms with Crippen LogP contribution in [-0.4, -0.2) is 49.8 Å². The van der Waals surface area contributed by atoms with Gasteiger partial charge >= 0.3 is 0 Å². The van der Waals surface area contributed by atoms with Crippen LogP contribution in [0.15, 0.2) is 22.8 Å². The number of hydrogen-bond acceptors (Lipinski definition) is 5. The van der Waals surface area contributed by atoms with Crippen molar-refractivity contribution in [3.8, 4) is 0 Å². The second kappa shape index (κ2) is 5.45. The molecule has 1 aromatic heterocycles. The normalized spacial score (nSPS) is 36.0. The molecule has 1 fully saturated rings. The van der Waals surface area contributed by atoms with E-state index in [0.717, 1.165) is 0 Å². The predicted octanol–water partition coefficient (Wildman–Crippen LogP) is 1.23. The fraction of sp³-hybridized carbons (Fsp3) is 0.429. The molecule has 1 aliphatic rings. The van der Waals surface area contributed by atoms with Crippen molar-refractivity contribution in [2.24, 2.45) is 0 Å². The van der Waals surface area contributed by atoms with Gasteiger partial charge in [-0.2, -0.15) is 0 Å². The summed E-state index contributed by atoms with van der Waals surface area (Å²) < 4.78 is 6.03. The van der Waals surface area contributed by atoms with Gasteiger partial charge in [0.15, 0.2) is 0 Å². The van der Waals surface area contributed by atoms with Gasteiger partial charge in [-0.05, 0) is 35.0 Å². The molecule has 0 saturated carbocycles. The lowest BCUT2D eigenvalue weighted by Gasteiger charge is -2.44. The van der Waals surface area contributed by atoms with E-state index in [1.165, 1.54) is 13.1 Å². The van der Waals surface area contributed by atoms with Crippen LogP contribution in [0, 0.1) is 0 Å². The average molecular weight is 393 g/mol. The molecular weight excluding hydrogens is 378 g/mol. The van der Waals surface area contributed by atoms with Crippen molar-refractivity contribution in [3.05, 3.63) is 33.4 Å². The number of rotatable bonds is 1. The third-order valence-electron chi connectivity index (χ3n) is 4.04. The smallest absolute Gasteiger partial charge is 0.224 e. The molecule has 0 bridgehead atoms. The molecule has 1 aromatic carbocycles. The highest BCUT2D eigenvalue weighted by molar-refractivity contribution is 9.10. The first kappa shape index (κ1) is 16.2. The summed E-state index contributed by atoms with van der Waals surface area (Å²) in [6.45, 7) is 1.50. The lowest BCUT2D eigenvalue weighted by atomic mass is 9.88. The van der Waals surface area contributed by atoms with Gasteiger partial charge in [-0.1, -0.05) is 11.6 Å². The monoisotopic (exact) mass is 391 g/mol. The third kappa shape index (κ3) is 2.20. The lowest BCUT2D eigenvalue weighted by Crippen LogP contribution is -2.62. The highest BCUT2D eigenvalue weighted by atomic mass is 79.9. The number of aliphatic hydroxyl groups is 4. The Labute approximate surface area is 139 Å². The fourth-order valence-corrected chi connectivity index (χ4v) is 3.38. The summed E-state index contributed by atoms with van der Waals surface area (Å²) in [5, 5.41) is 41.6. The van der Waals surface area contributed by atoms with Gasteiger partial charge in [0, 0.05) is 27.1 Å². The van der Waals surface area contributed by atoms with Gasteiger partial charge in [0.2, 0.25) is 5.79 Å². The minimum absolute atomic E-state index is 0.194. The number of nitrogens with one attached hydrogen (secondary N) is 1. The standard InChI is InChI=1S/C14H15BrClNO5/c1-5-11(18)12(19)13(20)14(21,22-5)6-4-17-8-3-2-7(15)10(16)9(6)8/h2-5,11-13,17-21H,1H3/t5-,11-,12+,13-,14?/m1/s1. The van der Waals surface area contributed by atoms with Gasteiger partial charge in [-0.15, -0.1) is 0 Å². The molecule has 6 nitrogen and oxygen atoms in total. The zero-order valence-corrected chi connectivity index (χ0v) is 13.8. The molecule has 1 unspecified atom stereocenters. The van der Waals surface area contributed by atoms with Gasteiger partial charge in [0.05, 0.1) is 11.1 Å². The van der Waals surface area contributed by atoms with Crippen LogP contribution >= 0.6 is 27.5 Å². The number of aromatic nitrogens is 1. The van der Waals surface area contributed by atoms with Crippen LogP contribution in [0.25, 0.3) is 10.9 Å². The predicted molar refractivity (Wildman–Crippen MR) is 83.5 cm³/mol. The zero-order valence-electron chi connectivity index (χ0n) is 11.5. The topological polar surface area (TPSA) is 106 Å². The highest BCUT2D eigenvalue weighted by Crippen LogP contribution is 2.42. The number of benzene rings is 1. The molecular formula is C14H15BrClNO5. The van der Waals surface area contributed by atoms with Gasteiger partial charge in [0.25, 0.3) is 0 Å². The lowest BCUT2D eigenvalue weighted by molar-refractivity contribution is -0.350. The SMILES string of the molecule is C[C@H]1OC(O)(c2c[nH]c3ccc(Br)c(Cl)c23)[C@H](O)[C@@H](O)[C@@H]1O. The maximum Gasteiger partial charge on any atom is 0.224 e. The van der Waals surface area contributed by atoms with Crippen LogP contribution in [0.1, 0.15) is 12.5 Å². The van der Waals surface area contributed by atoms with E-state index in [-0.39, 0.29) is 5.56 Å².